The molecule has 96 valence electrons. The minimum atomic E-state index is -0.342. The molecule has 0 aliphatic rings. The van der Waals surface area contributed by atoms with Crippen LogP contribution in [0, 0.1) is 5.82 Å². The van der Waals surface area contributed by atoms with Gasteiger partial charge in [0.1, 0.15) is 0 Å². The van der Waals surface area contributed by atoms with E-state index in [9.17, 15) is 4.39 Å². The first-order valence-corrected chi connectivity index (χ1v) is 5.69. The average molecular weight is 240 g/mol. The topological polar surface area (TPSA) is 47.3 Å². The van der Waals surface area contributed by atoms with Crippen LogP contribution in [-0.4, -0.2) is 19.2 Å². The molecule has 0 bridgehead atoms. The molecular weight excluding hydrogens is 219 g/mol. The number of nitrogens with two attached hydrogens (primary N) is 1. The molecule has 0 aliphatic heterocycles. The van der Waals surface area contributed by atoms with Gasteiger partial charge in [-0.3, -0.25) is 0 Å². The number of ether oxygens (including phenoxy) is 1. The molecule has 17 heavy (non-hydrogen) atoms. The van der Waals surface area contributed by atoms with E-state index in [1.54, 1.807) is 6.07 Å². The van der Waals surface area contributed by atoms with Crippen molar-refractivity contribution in [1.29, 1.82) is 0 Å². The SMILES string of the molecule is COc1ccc(C(C)NCC(C)(C)N)cc1F. The third-order valence-electron chi connectivity index (χ3n) is 2.54. The van der Waals surface area contributed by atoms with Gasteiger partial charge in [0.05, 0.1) is 7.11 Å². The van der Waals surface area contributed by atoms with Crippen LogP contribution in [0.5, 0.6) is 5.75 Å². The second-order valence-corrected chi connectivity index (χ2v) is 4.99. The molecule has 0 saturated heterocycles. The highest BCUT2D eigenvalue weighted by atomic mass is 19.1. The van der Waals surface area contributed by atoms with E-state index in [2.05, 4.69) is 5.32 Å². The zero-order valence-electron chi connectivity index (χ0n) is 10.9. The molecule has 0 fully saturated rings. The second kappa shape index (κ2) is 5.47. The summed E-state index contributed by atoms with van der Waals surface area (Å²) < 4.78 is 18.4. The Morgan fingerprint density at radius 2 is 2.12 bits per heavy atom. The predicted molar refractivity (Wildman–Crippen MR) is 67.6 cm³/mol. The van der Waals surface area contributed by atoms with E-state index in [0.717, 1.165) is 5.56 Å². The van der Waals surface area contributed by atoms with E-state index < -0.39 is 0 Å². The summed E-state index contributed by atoms with van der Waals surface area (Å²) in [5, 5.41) is 3.27. The monoisotopic (exact) mass is 240 g/mol. The molecule has 0 spiro atoms. The van der Waals surface area contributed by atoms with E-state index >= 15 is 0 Å². The molecule has 0 radical (unpaired) electrons. The summed E-state index contributed by atoms with van der Waals surface area (Å²) >= 11 is 0. The second-order valence-electron chi connectivity index (χ2n) is 4.99. The zero-order valence-corrected chi connectivity index (χ0v) is 10.9. The van der Waals surface area contributed by atoms with E-state index in [4.69, 9.17) is 10.5 Å². The van der Waals surface area contributed by atoms with Gasteiger partial charge in [-0.25, -0.2) is 4.39 Å². The summed E-state index contributed by atoms with van der Waals surface area (Å²) in [7, 11) is 1.46. The van der Waals surface area contributed by atoms with E-state index in [-0.39, 0.29) is 23.1 Å². The van der Waals surface area contributed by atoms with Gasteiger partial charge >= 0.3 is 0 Å². The largest absolute Gasteiger partial charge is 0.494 e. The average Bonchev–Trinajstić information content (AvgIpc) is 2.24. The molecule has 3 N–H and O–H groups in total. The van der Waals surface area contributed by atoms with Crippen molar-refractivity contribution in [2.75, 3.05) is 13.7 Å². The molecule has 1 atom stereocenters. The standard InChI is InChI=1S/C13H21FN2O/c1-9(16-8-13(2,3)15)10-5-6-12(17-4)11(14)7-10/h5-7,9,16H,8,15H2,1-4H3. The molecule has 0 amide bonds. The van der Waals surface area contributed by atoms with E-state index in [1.165, 1.54) is 13.2 Å². The van der Waals surface area contributed by atoms with Crippen molar-refractivity contribution in [3.63, 3.8) is 0 Å². The van der Waals surface area contributed by atoms with Gasteiger partial charge in [-0.1, -0.05) is 6.07 Å². The number of hydrogen-bond acceptors (Lipinski definition) is 3. The van der Waals surface area contributed by atoms with Crippen LogP contribution in [-0.2, 0) is 0 Å². The highest BCUT2D eigenvalue weighted by molar-refractivity contribution is 5.30. The molecule has 3 nitrogen and oxygen atoms in total. The molecule has 0 heterocycles. The Balaban J connectivity index is 2.69. The Hall–Kier alpha value is -1.13. The zero-order chi connectivity index (χ0) is 13.1. The lowest BCUT2D eigenvalue weighted by atomic mass is 10.0. The van der Waals surface area contributed by atoms with Gasteiger partial charge in [0.25, 0.3) is 0 Å². The Labute approximate surface area is 102 Å². The van der Waals surface area contributed by atoms with Crippen LogP contribution in [0.4, 0.5) is 4.39 Å². The van der Waals surface area contributed by atoms with Crippen molar-refractivity contribution in [3.05, 3.63) is 29.6 Å². The van der Waals surface area contributed by atoms with Crippen LogP contribution in [0.2, 0.25) is 0 Å². The van der Waals surface area contributed by atoms with Crippen molar-refractivity contribution >= 4 is 0 Å². The Kier molecular flexibility index (Phi) is 4.48. The minimum Gasteiger partial charge on any atom is -0.494 e. The molecular formula is C13H21FN2O. The summed E-state index contributed by atoms with van der Waals surface area (Å²) in [4.78, 5) is 0. The summed E-state index contributed by atoms with van der Waals surface area (Å²) in [5.74, 6) is -0.0780. The van der Waals surface area contributed by atoms with Crippen molar-refractivity contribution in [2.45, 2.75) is 32.4 Å². The van der Waals surface area contributed by atoms with Crippen molar-refractivity contribution in [2.24, 2.45) is 5.73 Å². The number of nitrogens with one attached hydrogen (secondary N) is 1. The first-order chi connectivity index (χ1) is 7.83. The summed E-state index contributed by atoms with van der Waals surface area (Å²) in [6.07, 6.45) is 0. The Bertz CT molecular complexity index is 374. The first-order valence-electron chi connectivity index (χ1n) is 5.69. The van der Waals surface area contributed by atoms with Crippen molar-refractivity contribution < 1.29 is 9.13 Å². The summed E-state index contributed by atoms with van der Waals surface area (Å²) in [6.45, 7) is 6.54. The van der Waals surface area contributed by atoms with Crippen molar-refractivity contribution in [1.82, 2.24) is 5.32 Å². The quantitative estimate of drug-likeness (QED) is 0.829. The fourth-order valence-corrected chi connectivity index (χ4v) is 1.49. The van der Waals surface area contributed by atoms with Gasteiger partial charge in [-0.15, -0.1) is 0 Å². The van der Waals surface area contributed by atoms with Crippen LogP contribution in [0.15, 0.2) is 18.2 Å². The van der Waals surface area contributed by atoms with Gasteiger partial charge < -0.3 is 15.8 Å². The summed E-state index contributed by atoms with van der Waals surface area (Å²) in [5.41, 5.74) is 6.48. The van der Waals surface area contributed by atoms with Crippen LogP contribution in [0.25, 0.3) is 0 Å². The van der Waals surface area contributed by atoms with Gasteiger partial charge in [-0.2, -0.15) is 0 Å². The maximum Gasteiger partial charge on any atom is 0.165 e. The molecule has 1 rings (SSSR count). The van der Waals surface area contributed by atoms with Crippen LogP contribution in [0.3, 0.4) is 0 Å². The number of hydrogen-bond donors (Lipinski definition) is 2. The smallest absolute Gasteiger partial charge is 0.165 e. The van der Waals surface area contributed by atoms with Crippen molar-refractivity contribution in [3.8, 4) is 5.75 Å². The van der Waals surface area contributed by atoms with Gasteiger partial charge in [0.15, 0.2) is 11.6 Å². The maximum absolute atomic E-state index is 13.5. The first kappa shape index (κ1) is 13.9. The highest BCUT2D eigenvalue weighted by Crippen LogP contribution is 2.21. The summed E-state index contributed by atoms with van der Waals surface area (Å²) in [6, 6.07) is 5.03. The van der Waals surface area contributed by atoms with Crippen LogP contribution >= 0.6 is 0 Å². The van der Waals surface area contributed by atoms with Crippen LogP contribution in [0.1, 0.15) is 32.4 Å². The number of benzene rings is 1. The van der Waals surface area contributed by atoms with E-state index in [1.807, 2.05) is 26.8 Å². The molecule has 1 unspecified atom stereocenters. The fourth-order valence-electron chi connectivity index (χ4n) is 1.49. The lowest BCUT2D eigenvalue weighted by molar-refractivity contribution is 0.385. The molecule has 1 aromatic rings. The molecule has 0 aliphatic carbocycles. The Morgan fingerprint density at radius 3 is 2.59 bits per heavy atom. The Morgan fingerprint density at radius 1 is 1.47 bits per heavy atom. The maximum atomic E-state index is 13.5. The van der Waals surface area contributed by atoms with Gasteiger partial charge in [0, 0.05) is 18.1 Å². The molecule has 4 heteroatoms. The lowest BCUT2D eigenvalue weighted by Gasteiger charge is -2.23. The predicted octanol–water partition coefficient (Wildman–Crippen LogP) is 2.22. The highest BCUT2D eigenvalue weighted by Gasteiger charge is 2.14. The number of methoxy groups -OCH3 is 1. The van der Waals surface area contributed by atoms with E-state index in [0.29, 0.717) is 6.54 Å². The van der Waals surface area contributed by atoms with Gasteiger partial charge in [0.2, 0.25) is 0 Å². The minimum absolute atomic E-state index is 0.0539. The normalized spacial score (nSPS) is 13.5. The number of halogens is 1. The third-order valence-corrected chi connectivity index (χ3v) is 2.54. The number of rotatable bonds is 5. The lowest BCUT2D eigenvalue weighted by Crippen LogP contribution is -2.43. The molecule has 0 saturated carbocycles. The fraction of sp³-hybridized carbons (Fsp3) is 0.538. The van der Waals surface area contributed by atoms with Gasteiger partial charge in [-0.05, 0) is 38.5 Å². The van der Waals surface area contributed by atoms with Crippen LogP contribution < -0.4 is 15.8 Å². The molecule has 0 aromatic heterocycles. The third kappa shape index (κ3) is 4.32. The molecule has 1 aromatic carbocycles.